The van der Waals surface area contributed by atoms with Gasteiger partial charge in [-0.15, -0.1) is 11.8 Å². The fraction of sp³-hybridized carbons (Fsp3) is 0.545. The van der Waals surface area contributed by atoms with Crippen molar-refractivity contribution in [3.05, 3.63) is 23.4 Å². The van der Waals surface area contributed by atoms with Gasteiger partial charge in [-0.1, -0.05) is 11.6 Å². The molecule has 0 aromatic carbocycles. The summed E-state index contributed by atoms with van der Waals surface area (Å²) in [6.07, 6.45) is 1.68. The van der Waals surface area contributed by atoms with Crippen LogP contribution in [0.1, 0.15) is 0 Å². The van der Waals surface area contributed by atoms with Gasteiger partial charge in [0, 0.05) is 31.6 Å². The third kappa shape index (κ3) is 6.33. The first-order valence-corrected chi connectivity index (χ1v) is 6.64. The molecule has 0 aliphatic heterocycles. The SMILES string of the molecule is CN(C)CCNCCSc1ccc(Cl)cn1. The summed E-state index contributed by atoms with van der Waals surface area (Å²) in [5, 5.41) is 5.10. The molecule has 0 saturated heterocycles. The number of thioether (sulfide) groups is 1. The van der Waals surface area contributed by atoms with Gasteiger partial charge in [0.2, 0.25) is 0 Å². The van der Waals surface area contributed by atoms with E-state index in [9.17, 15) is 0 Å². The van der Waals surface area contributed by atoms with Crippen molar-refractivity contribution in [1.82, 2.24) is 15.2 Å². The molecule has 0 bridgehead atoms. The van der Waals surface area contributed by atoms with E-state index in [0.29, 0.717) is 5.02 Å². The molecule has 3 nitrogen and oxygen atoms in total. The van der Waals surface area contributed by atoms with Crippen LogP contribution in [0.5, 0.6) is 0 Å². The van der Waals surface area contributed by atoms with Crippen LogP contribution in [0.15, 0.2) is 23.4 Å². The number of hydrogen-bond donors (Lipinski definition) is 1. The molecular weight excluding hydrogens is 242 g/mol. The Morgan fingerprint density at radius 2 is 2.19 bits per heavy atom. The van der Waals surface area contributed by atoms with Crippen LogP contribution in [0, 0.1) is 0 Å². The number of nitrogens with one attached hydrogen (secondary N) is 1. The van der Waals surface area contributed by atoms with E-state index >= 15 is 0 Å². The Labute approximate surface area is 107 Å². The third-order valence-corrected chi connectivity index (χ3v) is 3.13. The minimum absolute atomic E-state index is 0.688. The molecule has 0 atom stereocenters. The summed E-state index contributed by atoms with van der Waals surface area (Å²) in [4.78, 5) is 6.39. The maximum absolute atomic E-state index is 5.76. The van der Waals surface area contributed by atoms with Crippen LogP contribution in [-0.2, 0) is 0 Å². The van der Waals surface area contributed by atoms with Crippen molar-refractivity contribution in [2.45, 2.75) is 5.03 Å². The summed E-state index contributed by atoms with van der Waals surface area (Å²) in [5.74, 6) is 1.03. The molecule has 0 aliphatic carbocycles. The Morgan fingerprint density at radius 3 is 2.81 bits per heavy atom. The summed E-state index contributed by atoms with van der Waals surface area (Å²) in [6, 6.07) is 3.82. The van der Waals surface area contributed by atoms with Crippen LogP contribution in [0.4, 0.5) is 0 Å². The van der Waals surface area contributed by atoms with E-state index in [4.69, 9.17) is 11.6 Å². The summed E-state index contributed by atoms with van der Waals surface area (Å²) in [7, 11) is 4.15. The summed E-state index contributed by atoms with van der Waals surface area (Å²) >= 11 is 7.50. The highest BCUT2D eigenvalue weighted by Crippen LogP contribution is 2.16. The number of rotatable bonds is 7. The van der Waals surface area contributed by atoms with Gasteiger partial charge < -0.3 is 10.2 Å². The van der Waals surface area contributed by atoms with Crippen LogP contribution >= 0.6 is 23.4 Å². The predicted molar refractivity (Wildman–Crippen MR) is 71.4 cm³/mol. The van der Waals surface area contributed by atoms with Crippen LogP contribution in [0.25, 0.3) is 0 Å². The molecule has 0 fully saturated rings. The van der Waals surface area contributed by atoms with E-state index in [2.05, 4.69) is 29.3 Å². The Morgan fingerprint density at radius 1 is 1.38 bits per heavy atom. The van der Waals surface area contributed by atoms with Crippen molar-refractivity contribution < 1.29 is 0 Å². The average molecular weight is 260 g/mol. The molecule has 0 unspecified atom stereocenters. The molecule has 1 N–H and O–H groups in total. The van der Waals surface area contributed by atoms with Gasteiger partial charge in [0.1, 0.15) is 0 Å². The molecule has 5 heteroatoms. The molecule has 1 rings (SSSR count). The fourth-order valence-corrected chi connectivity index (χ4v) is 1.96. The smallest absolute Gasteiger partial charge is 0.0961 e. The Balaban J connectivity index is 2.05. The number of halogens is 1. The van der Waals surface area contributed by atoms with Gasteiger partial charge in [-0.25, -0.2) is 4.98 Å². The zero-order valence-corrected chi connectivity index (χ0v) is 11.3. The molecule has 90 valence electrons. The number of aromatic nitrogens is 1. The second-order valence-electron chi connectivity index (χ2n) is 3.72. The van der Waals surface area contributed by atoms with Crippen LogP contribution in [-0.4, -0.2) is 49.4 Å². The largest absolute Gasteiger partial charge is 0.315 e. The Bertz CT molecular complexity index is 290. The van der Waals surface area contributed by atoms with Gasteiger partial charge in [0.15, 0.2) is 0 Å². The first-order chi connectivity index (χ1) is 7.68. The van der Waals surface area contributed by atoms with Crippen molar-refractivity contribution >= 4 is 23.4 Å². The standard InChI is InChI=1S/C11H18ClN3S/c1-15(2)7-5-13-6-8-16-11-4-3-10(12)9-14-11/h3-4,9,13H,5-8H2,1-2H3. The van der Waals surface area contributed by atoms with E-state index in [1.54, 1.807) is 18.0 Å². The second-order valence-corrected chi connectivity index (χ2v) is 5.27. The molecular formula is C11H18ClN3S. The highest BCUT2D eigenvalue weighted by molar-refractivity contribution is 7.99. The van der Waals surface area contributed by atoms with E-state index in [1.165, 1.54) is 0 Å². The van der Waals surface area contributed by atoms with E-state index < -0.39 is 0 Å². The molecule has 0 amide bonds. The first kappa shape index (κ1) is 13.8. The molecule has 1 heterocycles. The summed E-state index contributed by atoms with van der Waals surface area (Å²) in [5.41, 5.74) is 0. The maximum Gasteiger partial charge on any atom is 0.0961 e. The molecule has 16 heavy (non-hydrogen) atoms. The lowest BCUT2D eigenvalue weighted by molar-refractivity contribution is 0.403. The van der Waals surface area contributed by atoms with Crippen LogP contribution < -0.4 is 5.32 Å². The van der Waals surface area contributed by atoms with Gasteiger partial charge in [-0.2, -0.15) is 0 Å². The zero-order chi connectivity index (χ0) is 11.8. The van der Waals surface area contributed by atoms with Gasteiger partial charge in [0.25, 0.3) is 0 Å². The molecule has 0 radical (unpaired) electrons. The lowest BCUT2D eigenvalue weighted by Crippen LogP contribution is -2.27. The number of hydrogen-bond acceptors (Lipinski definition) is 4. The lowest BCUT2D eigenvalue weighted by Gasteiger charge is -2.09. The van der Waals surface area contributed by atoms with E-state index in [0.717, 1.165) is 30.4 Å². The quantitative estimate of drug-likeness (QED) is 0.599. The Kier molecular flexibility index (Phi) is 6.80. The first-order valence-electron chi connectivity index (χ1n) is 5.28. The number of likely N-dealkylation sites (N-methyl/N-ethyl adjacent to an activating group) is 1. The third-order valence-electron chi connectivity index (χ3n) is 1.96. The summed E-state index contributed by atoms with van der Waals surface area (Å²) in [6.45, 7) is 3.11. The van der Waals surface area contributed by atoms with Crippen molar-refractivity contribution in [3.63, 3.8) is 0 Å². The molecule has 0 aliphatic rings. The Hall–Kier alpha value is -0.290. The van der Waals surface area contributed by atoms with Crippen molar-refractivity contribution in [2.75, 3.05) is 39.5 Å². The molecule has 0 spiro atoms. The zero-order valence-electron chi connectivity index (χ0n) is 9.74. The highest BCUT2D eigenvalue weighted by Gasteiger charge is 1.95. The normalized spacial score (nSPS) is 11.0. The van der Waals surface area contributed by atoms with Crippen molar-refractivity contribution in [3.8, 4) is 0 Å². The van der Waals surface area contributed by atoms with Gasteiger partial charge >= 0.3 is 0 Å². The van der Waals surface area contributed by atoms with Gasteiger partial charge in [-0.05, 0) is 26.2 Å². The molecule has 0 saturated carbocycles. The van der Waals surface area contributed by atoms with E-state index in [-0.39, 0.29) is 0 Å². The van der Waals surface area contributed by atoms with Crippen molar-refractivity contribution in [1.29, 1.82) is 0 Å². The van der Waals surface area contributed by atoms with Gasteiger partial charge in [0.05, 0.1) is 10.0 Å². The second kappa shape index (κ2) is 7.90. The summed E-state index contributed by atoms with van der Waals surface area (Å²) < 4.78 is 0. The number of pyridine rings is 1. The minimum atomic E-state index is 0.688. The van der Waals surface area contributed by atoms with Crippen molar-refractivity contribution in [2.24, 2.45) is 0 Å². The van der Waals surface area contributed by atoms with Crippen LogP contribution in [0.2, 0.25) is 5.02 Å². The van der Waals surface area contributed by atoms with Gasteiger partial charge in [-0.3, -0.25) is 0 Å². The molecule has 1 aromatic rings. The van der Waals surface area contributed by atoms with Crippen LogP contribution in [0.3, 0.4) is 0 Å². The molecule has 1 aromatic heterocycles. The predicted octanol–water partition coefficient (Wildman–Crippen LogP) is 1.98. The highest BCUT2D eigenvalue weighted by atomic mass is 35.5. The number of nitrogens with zero attached hydrogens (tertiary/aromatic N) is 2. The minimum Gasteiger partial charge on any atom is -0.315 e. The maximum atomic E-state index is 5.76. The topological polar surface area (TPSA) is 28.2 Å². The lowest BCUT2D eigenvalue weighted by atomic mass is 10.5. The average Bonchev–Trinajstić information content (AvgIpc) is 2.25. The monoisotopic (exact) mass is 259 g/mol. The fourth-order valence-electron chi connectivity index (χ4n) is 1.10. The van der Waals surface area contributed by atoms with E-state index in [1.807, 2.05) is 12.1 Å².